The largest absolute Gasteiger partial charge is 0.507 e. The SMILES string of the molecule is CC(C)c1[nH]nc2c(NCc3c(O)cc(Cl)cc3O)nc(=NC3CCC(N)CC3)n(C(C)C)c12. The van der Waals surface area contributed by atoms with Crippen molar-refractivity contribution in [1.82, 2.24) is 19.7 Å². The van der Waals surface area contributed by atoms with E-state index < -0.39 is 0 Å². The lowest BCUT2D eigenvalue weighted by Gasteiger charge is -2.24. The van der Waals surface area contributed by atoms with E-state index in [1.54, 1.807) is 0 Å². The van der Waals surface area contributed by atoms with Gasteiger partial charge in [-0.2, -0.15) is 10.1 Å². The molecule has 0 radical (unpaired) electrons. The highest BCUT2D eigenvalue weighted by Gasteiger charge is 2.23. The van der Waals surface area contributed by atoms with Crippen LogP contribution in [0.15, 0.2) is 17.1 Å². The first kappa shape index (κ1) is 24.3. The zero-order valence-corrected chi connectivity index (χ0v) is 20.9. The van der Waals surface area contributed by atoms with Gasteiger partial charge in [-0.15, -0.1) is 0 Å². The van der Waals surface area contributed by atoms with Crippen molar-refractivity contribution in [2.75, 3.05) is 5.32 Å². The number of nitrogens with one attached hydrogen (secondary N) is 2. The lowest BCUT2D eigenvalue weighted by atomic mass is 9.92. The third kappa shape index (κ3) is 4.86. The number of phenolic OH excluding ortho intramolecular Hbond substituents is 2. The highest BCUT2D eigenvalue weighted by atomic mass is 35.5. The van der Waals surface area contributed by atoms with E-state index in [9.17, 15) is 10.2 Å². The lowest BCUT2D eigenvalue weighted by molar-refractivity contribution is 0.386. The van der Waals surface area contributed by atoms with Gasteiger partial charge in [-0.3, -0.25) is 5.10 Å². The molecule has 0 aliphatic heterocycles. The van der Waals surface area contributed by atoms with Gasteiger partial charge in [0.25, 0.3) is 0 Å². The van der Waals surface area contributed by atoms with Crippen molar-refractivity contribution < 1.29 is 10.2 Å². The summed E-state index contributed by atoms with van der Waals surface area (Å²) in [5.74, 6) is 0.579. The molecule has 10 heteroatoms. The van der Waals surface area contributed by atoms with Gasteiger partial charge >= 0.3 is 0 Å². The van der Waals surface area contributed by atoms with Crippen molar-refractivity contribution in [2.24, 2.45) is 10.7 Å². The van der Waals surface area contributed by atoms with Gasteiger partial charge in [-0.25, -0.2) is 4.99 Å². The molecule has 184 valence electrons. The summed E-state index contributed by atoms with van der Waals surface area (Å²) in [6.07, 6.45) is 3.80. The Morgan fingerprint density at radius 2 is 1.82 bits per heavy atom. The fraction of sp³-hybridized carbons (Fsp3) is 0.542. The van der Waals surface area contributed by atoms with Gasteiger partial charge in [-0.05, 0) is 57.6 Å². The number of aromatic amines is 1. The number of aromatic hydroxyl groups is 2. The fourth-order valence-corrected chi connectivity index (χ4v) is 4.73. The number of phenols is 2. The average molecular weight is 488 g/mol. The van der Waals surface area contributed by atoms with Crippen molar-refractivity contribution >= 4 is 28.5 Å². The van der Waals surface area contributed by atoms with E-state index in [1.807, 2.05) is 0 Å². The second kappa shape index (κ2) is 9.84. The van der Waals surface area contributed by atoms with E-state index in [0.717, 1.165) is 36.9 Å². The Bertz CT molecular complexity index is 1220. The molecule has 4 rings (SSSR count). The van der Waals surface area contributed by atoms with Gasteiger partial charge in [0.1, 0.15) is 11.5 Å². The average Bonchev–Trinajstić information content (AvgIpc) is 3.19. The van der Waals surface area contributed by atoms with Crippen LogP contribution in [0.3, 0.4) is 0 Å². The van der Waals surface area contributed by atoms with Crippen molar-refractivity contribution in [1.29, 1.82) is 0 Å². The molecule has 0 saturated heterocycles. The van der Waals surface area contributed by atoms with Gasteiger partial charge < -0.3 is 25.8 Å². The monoisotopic (exact) mass is 487 g/mol. The molecule has 2 heterocycles. The van der Waals surface area contributed by atoms with Crippen LogP contribution in [0.1, 0.15) is 76.6 Å². The first-order chi connectivity index (χ1) is 16.2. The number of H-pyrrole nitrogens is 1. The van der Waals surface area contributed by atoms with E-state index in [-0.39, 0.29) is 47.1 Å². The van der Waals surface area contributed by atoms with Gasteiger partial charge in [0.05, 0.1) is 22.8 Å². The van der Waals surface area contributed by atoms with Crippen molar-refractivity contribution in [3.8, 4) is 11.5 Å². The number of aromatic nitrogens is 4. The van der Waals surface area contributed by atoms with E-state index in [2.05, 4.69) is 47.8 Å². The third-order valence-corrected chi connectivity index (χ3v) is 6.61. The normalized spacial score (nSPS) is 19.5. The number of hydrogen-bond donors (Lipinski definition) is 5. The summed E-state index contributed by atoms with van der Waals surface area (Å²) in [5, 5.41) is 31.9. The number of nitrogens with zero attached hydrogens (tertiary/aromatic N) is 4. The molecular weight excluding hydrogens is 454 g/mol. The van der Waals surface area contributed by atoms with E-state index >= 15 is 0 Å². The molecule has 1 aliphatic carbocycles. The first-order valence-corrected chi connectivity index (χ1v) is 12.3. The van der Waals surface area contributed by atoms with Crippen LogP contribution < -0.4 is 16.7 Å². The highest BCUT2D eigenvalue weighted by molar-refractivity contribution is 6.30. The Hall–Kier alpha value is -2.78. The number of hydrogen-bond acceptors (Lipinski definition) is 7. The van der Waals surface area contributed by atoms with Crippen molar-refractivity contribution in [2.45, 2.75) is 84.0 Å². The minimum absolute atomic E-state index is 0.0877. The Labute approximate surface area is 204 Å². The fourth-order valence-electron chi connectivity index (χ4n) is 4.53. The van der Waals surface area contributed by atoms with E-state index in [1.165, 1.54) is 12.1 Å². The maximum atomic E-state index is 10.3. The minimum atomic E-state index is -0.0877. The van der Waals surface area contributed by atoms with Crippen LogP contribution in [-0.4, -0.2) is 42.0 Å². The number of nitrogens with two attached hydrogens (primary N) is 1. The molecule has 34 heavy (non-hydrogen) atoms. The molecule has 1 aromatic carbocycles. The highest BCUT2D eigenvalue weighted by Crippen LogP contribution is 2.33. The van der Waals surface area contributed by atoms with Crippen molar-refractivity contribution in [3.63, 3.8) is 0 Å². The summed E-state index contributed by atoms with van der Waals surface area (Å²) in [7, 11) is 0. The van der Waals surface area contributed by atoms with Crippen LogP contribution >= 0.6 is 11.6 Å². The van der Waals surface area contributed by atoms with Gasteiger partial charge in [-0.1, -0.05) is 25.4 Å². The number of anilines is 1. The predicted octanol–water partition coefficient (Wildman–Crippen LogP) is 4.31. The van der Waals surface area contributed by atoms with Gasteiger partial charge in [0.15, 0.2) is 11.3 Å². The molecule has 3 aromatic rings. The van der Waals surface area contributed by atoms with Crippen molar-refractivity contribution in [3.05, 3.63) is 34.0 Å². The first-order valence-electron chi connectivity index (χ1n) is 11.9. The number of halogens is 1. The Morgan fingerprint density at radius 3 is 2.41 bits per heavy atom. The Balaban J connectivity index is 1.84. The second-order valence-corrected chi connectivity index (χ2v) is 10.1. The molecule has 0 bridgehead atoms. The van der Waals surface area contributed by atoms with E-state index in [0.29, 0.717) is 22.5 Å². The molecule has 0 spiro atoms. The van der Waals surface area contributed by atoms with Crippen LogP contribution in [0.2, 0.25) is 5.02 Å². The summed E-state index contributed by atoms with van der Waals surface area (Å²) in [6.45, 7) is 8.61. The second-order valence-electron chi connectivity index (χ2n) is 9.69. The van der Waals surface area contributed by atoms with Crippen LogP contribution in [0.4, 0.5) is 5.82 Å². The number of fused-ring (bicyclic) bond motifs is 1. The van der Waals surface area contributed by atoms with Gasteiger partial charge in [0, 0.05) is 23.7 Å². The summed E-state index contributed by atoms with van der Waals surface area (Å²) in [4.78, 5) is 9.95. The summed E-state index contributed by atoms with van der Waals surface area (Å²) >= 11 is 5.93. The van der Waals surface area contributed by atoms with Crippen LogP contribution in [0, 0.1) is 0 Å². The van der Waals surface area contributed by atoms with E-state index in [4.69, 9.17) is 27.3 Å². The zero-order valence-electron chi connectivity index (χ0n) is 20.1. The zero-order chi connectivity index (χ0) is 24.6. The molecule has 6 N–H and O–H groups in total. The van der Waals surface area contributed by atoms with Gasteiger partial charge in [0.2, 0.25) is 5.62 Å². The lowest BCUT2D eigenvalue weighted by Crippen LogP contribution is -2.33. The predicted molar refractivity (Wildman–Crippen MR) is 134 cm³/mol. The van der Waals surface area contributed by atoms with Crippen LogP contribution in [-0.2, 0) is 6.54 Å². The summed E-state index contributed by atoms with van der Waals surface area (Å²) < 4.78 is 2.14. The third-order valence-electron chi connectivity index (χ3n) is 6.39. The molecular formula is C24H34ClN7O2. The quantitative estimate of drug-likeness (QED) is 0.351. The standard InChI is InChI=1S/C24H34ClN7O2/c1-12(2)20-22-21(31-30-20)23(27-11-17-18(33)9-14(25)10-19(17)34)29-24(32(22)13(3)4)28-16-7-5-15(26)6-8-16/h9-10,12-13,15-16,33-34H,5-8,11,26H2,1-4H3,(H,30,31)(H,27,28,29). The van der Waals surface area contributed by atoms with Crippen LogP contribution in [0.5, 0.6) is 11.5 Å². The molecule has 0 atom stereocenters. The summed E-state index contributed by atoms with van der Waals surface area (Å²) in [5.41, 5.74) is 9.73. The molecule has 2 aromatic heterocycles. The molecule has 1 aliphatic rings. The number of rotatable bonds is 6. The Kier molecular flexibility index (Phi) is 7.04. The smallest absolute Gasteiger partial charge is 0.227 e. The maximum Gasteiger partial charge on any atom is 0.227 e. The molecule has 1 saturated carbocycles. The molecule has 9 nitrogen and oxygen atoms in total. The molecule has 0 unspecified atom stereocenters. The minimum Gasteiger partial charge on any atom is -0.507 e. The molecule has 1 fully saturated rings. The molecule has 0 amide bonds. The topological polar surface area (TPSA) is 137 Å². The Morgan fingerprint density at radius 1 is 1.18 bits per heavy atom. The maximum absolute atomic E-state index is 10.3. The number of benzene rings is 1. The van der Waals surface area contributed by atoms with Crippen LogP contribution in [0.25, 0.3) is 11.0 Å². The summed E-state index contributed by atoms with van der Waals surface area (Å²) in [6, 6.07) is 3.34.